The van der Waals surface area contributed by atoms with Crippen molar-refractivity contribution in [3.8, 4) is 17.1 Å². The summed E-state index contributed by atoms with van der Waals surface area (Å²) in [5.74, 6) is 0.696. The van der Waals surface area contributed by atoms with Crippen LogP contribution in [0.25, 0.3) is 22.4 Å². The largest absolute Gasteiger partial charge is 0.466 e. The summed E-state index contributed by atoms with van der Waals surface area (Å²) in [6.45, 7) is 0.0925. The second-order valence-corrected chi connectivity index (χ2v) is 4.91. The van der Waals surface area contributed by atoms with Gasteiger partial charge in [0.2, 0.25) is 5.82 Å². The SMILES string of the molecule is COCOc1cc2oc(=O)c(-c3nn[nH]n3)cc2cc1Br. The summed E-state index contributed by atoms with van der Waals surface area (Å²) in [5, 5.41) is 14.0. The number of nitrogens with one attached hydrogen (secondary N) is 1. The zero-order valence-corrected chi connectivity index (χ0v) is 12.4. The highest BCUT2D eigenvalue weighted by atomic mass is 79.9. The Hall–Kier alpha value is -2.26. The number of methoxy groups -OCH3 is 1. The molecule has 0 saturated carbocycles. The van der Waals surface area contributed by atoms with Crippen molar-refractivity contribution in [3.05, 3.63) is 33.1 Å². The Morgan fingerprint density at radius 1 is 1.38 bits per heavy atom. The number of benzene rings is 1. The monoisotopic (exact) mass is 352 g/mol. The molecule has 0 radical (unpaired) electrons. The number of halogens is 1. The summed E-state index contributed by atoms with van der Waals surface area (Å²) in [7, 11) is 1.52. The van der Waals surface area contributed by atoms with Crippen molar-refractivity contribution in [2.75, 3.05) is 13.9 Å². The summed E-state index contributed by atoms with van der Waals surface area (Å²) in [6, 6.07) is 5.02. The maximum atomic E-state index is 12.0. The summed E-state index contributed by atoms with van der Waals surface area (Å²) in [6.07, 6.45) is 0. The second kappa shape index (κ2) is 5.62. The van der Waals surface area contributed by atoms with Gasteiger partial charge in [0.15, 0.2) is 6.79 Å². The van der Waals surface area contributed by atoms with Crippen LogP contribution in [0.5, 0.6) is 5.75 Å². The van der Waals surface area contributed by atoms with E-state index in [2.05, 4.69) is 36.6 Å². The molecule has 8 nitrogen and oxygen atoms in total. The standard InChI is InChI=1S/C12H9BrN4O4/c1-19-5-20-10-4-9-6(3-8(10)13)2-7(12(18)21-9)11-14-16-17-15-11/h2-4H,5H2,1H3,(H,14,15,16,17). The molecule has 0 aliphatic rings. The third kappa shape index (κ3) is 2.65. The topological polar surface area (TPSA) is 103 Å². The fourth-order valence-corrected chi connectivity index (χ4v) is 2.26. The van der Waals surface area contributed by atoms with Crippen LogP contribution in [0.3, 0.4) is 0 Å². The number of fused-ring (bicyclic) bond motifs is 1. The van der Waals surface area contributed by atoms with Crippen LogP contribution in [0.15, 0.2) is 31.9 Å². The van der Waals surface area contributed by atoms with Crippen molar-refractivity contribution < 1.29 is 13.9 Å². The Balaban J connectivity index is 2.13. The van der Waals surface area contributed by atoms with E-state index in [0.29, 0.717) is 21.2 Å². The van der Waals surface area contributed by atoms with Crippen molar-refractivity contribution in [2.45, 2.75) is 0 Å². The molecule has 1 N–H and O–H groups in total. The molecule has 0 aliphatic carbocycles. The number of rotatable bonds is 4. The van der Waals surface area contributed by atoms with Crippen molar-refractivity contribution >= 4 is 26.9 Å². The molecular formula is C12H9BrN4O4. The van der Waals surface area contributed by atoms with Gasteiger partial charge in [0.25, 0.3) is 0 Å². The average Bonchev–Trinajstić information content (AvgIpc) is 2.99. The summed E-state index contributed by atoms with van der Waals surface area (Å²) in [4.78, 5) is 12.0. The van der Waals surface area contributed by atoms with Gasteiger partial charge in [-0.25, -0.2) is 4.79 Å². The van der Waals surface area contributed by atoms with Crippen molar-refractivity contribution in [1.29, 1.82) is 0 Å². The lowest BCUT2D eigenvalue weighted by Crippen LogP contribution is -2.04. The Bertz CT molecular complexity index is 831. The average molecular weight is 353 g/mol. The normalized spacial score (nSPS) is 11.0. The molecule has 0 fully saturated rings. The molecule has 0 unspecified atom stereocenters. The molecule has 0 aliphatic heterocycles. The molecular weight excluding hydrogens is 344 g/mol. The number of hydrogen-bond donors (Lipinski definition) is 1. The molecule has 3 rings (SSSR count). The van der Waals surface area contributed by atoms with Crippen LogP contribution in [-0.2, 0) is 4.74 Å². The lowest BCUT2D eigenvalue weighted by molar-refractivity contribution is 0.0506. The molecule has 1 aromatic carbocycles. The zero-order chi connectivity index (χ0) is 14.8. The molecule has 2 aromatic heterocycles. The number of aromatic amines is 1. The number of H-pyrrole nitrogens is 1. The molecule has 0 saturated heterocycles. The van der Waals surface area contributed by atoms with E-state index in [-0.39, 0.29) is 18.2 Å². The number of tetrazole rings is 1. The summed E-state index contributed by atoms with van der Waals surface area (Å²) in [5.41, 5.74) is 0.0687. The van der Waals surface area contributed by atoms with Crippen LogP contribution in [0, 0.1) is 0 Å². The van der Waals surface area contributed by atoms with Crippen LogP contribution in [0.2, 0.25) is 0 Å². The highest BCUT2D eigenvalue weighted by Crippen LogP contribution is 2.31. The number of ether oxygens (including phenoxy) is 2. The molecule has 21 heavy (non-hydrogen) atoms. The molecule has 2 heterocycles. The first-order valence-corrected chi connectivity index (χ1v) is 6.61. The summed E-state index contributed by atoms with van der Waals surface area (Å²) >= 11 is 3.39. The number of hydrogen-bond acceptors (Lipinski definition) is 7. The van der Waals surface area contributed by atoms with E-state index in [0.717, 1.165) is 0 Å². The number of aromatic nitrogens is 4. The van der Waals surface area contributed by atoms with Gasteiger partial charge in [-0.2, -0.15) is 5.21 Å². The van der Waals surface area contributed by atoms with Gasteiger partial charge in [-0.05, 0) is 33.3 Å². The minimum atomic E-state index is -0.552. The first kappa shape index (κ1) is 13.7. The van der Waals surface area contributed by atoms with Gasteiger partial charge in [0, 0.05) is 18.6 Å². The van der Waals surface area contributed by atoms with Gasteiger partial charge in [0.05, 0.1) is 4.47 Å². The quantitative estimate of drug-likeness (QED) is 0.563. The lowest BCUT2D eigenvalue weighted by atomic mass is 10.1. The smallest absolute Gasteiger partial charge is 0.347 e. The minimum Gasteiger partial charge on any atom is -0.466 e. The van der Waals surface area contributed by atoms with Gasteiger partial charge in [0.1, 0.15) is 16.9 Å². The van der Waals surface area contributed by atoms with Gasteiger partial charge < -0.3 is 13.9 Å². The van der Waals surface area contributed by atoms with Crippen LogP contribution in [0.1, 0.15) is 0 Å². The molecule has 9 heteroatoms. The third-order valence-corrected chi connectivity index (χ3v) is 3.32. The van der Waals surface area contributed by atoms with Crippen LogP contribution in [0.4, 0.5) is 0 Å². The van der Waals surface area contributed by atoms with E-state index in [9.17, 15) is 4.79 Å². The third-order valence-electron chi connectivity index (χ3n) is 2.71. The first-order chi connectivity index (χ1) is 10.2. The number of nitrogens with zero attached hydrogens (tertiary/aromatic N) is 3. The minimum absolute atomic E-state index is 0.0925. The van der Waals surface area contributed by atoms with Gasteiger partial charge in [-0.3, -0.25) is 0 Å². The second-order valence-electron chi connectivity index (χ2n) is 4.05. The van der Waals surface area contributed by atoms with Gasteiger partial charge >= 0.3 is 5.63 Å². The Kier molecular flexibility index (Phi) is 3.67. The maximum Gasteiger partial charge on any atom is 0.347 e. The van der Waals surface area contributed by atoms with E-state index >= 15 is 0 Å². The predicted octanol–water partition coefficient (Wildman–Crippen LogP) is 1.72. The molecule has 108 valence electrons. The molecule has 3 aromatic rings. The van der Waals surface area contributed by atoms with E-state index in [1.54, 1.807) is 18.2 Å². The Morgan fingerprint density at radius 3 is 2.95 bits per heavy atom. The van der Waals surface area contributed by atoms with E-state index < -0.39 is 5.63 Å². The van der Waals surface area contributed by atoms with Crippen molar-refractivity contribution in [2.24, 2.45) is 0 Å². The Labute approximate surface area is 126 Å². The lowest BCUT2D eigenvalue weighted by Gasteiger charge is -2.08. The fourth-order valence-electron chi connectivity index (χ4n) is 1.79. The zero-order valence-electron chi connectivity index (χ0n) is 10.8. The van der Waals surface area contributed by atoms with Crippen molar-refractivity contribution in [1.82, 2.24) is 20.6 Å². The van der Waals surface area contributed by atoms with Gasteiger partial charge in [-0.15, -0.1) is 10.2 Å². The highest BCUT2D eigenvalue weighted by Gasteiger charge is 2.13. The maximum absolute atomic E-state index is 12.0. The van der Waals surface area contributed by atoms with E-state index in [1.165, 1.54) is 7.11 Å². The fraction of sp³-hybridized carbons (Fsp3) is 0.167. The summed E-state index contributed by atoms with van der Waals surface area (Å²) < 4.78 is 16.2. The van der Waals surface area contributed by atoms with E-state index in [4.69, 9.17) is 13.9 Å². The highest BCUT2D eigenvalue weighted by molar-refractivity contribution is 9.10. The molecule has 0 atom stereocenters. The van der Waals surface area contributed by atoms with Gasteiger partial charge in [-0.1, -0.05) is 0 Å². The van der Waals surface area contributed by atoms with Crippen molar-refractivity contribution in [3.63, 3.8) is 0 Å². The molecule has 0 bridgehead atoms. The molecule has 0 amide bonds. The molecule has 0 spiro atoms. The van der Waals surface area contributed by atoms with E-state index in [1.807, 2.05) is 0 Å². The Morgan fingerprint density at radius 2 is 2.24 bits per heavy atom. The van der Waals surface area contributed by atoms with Crippen LogP contribution < -0.4 is 10.4 Å². The van der Waals surface area contributed by atoms with Crippen LogP contribution >= 0.6 is 15.9 Å². The predicted molar refractivity (Wildman–Crippen MR) is 75.9 cm³/mol. The first-order valence-electron chi connectivity index (χ1n) is 5.82. The van der Waals surface area contributed by atoms with Crippen LogP contribution in [-0.4, -0.2) is 34.5 Å².